The Labute approximate surface area is 133 Å². The molecule has 2 rings (SSSR count). The molecule has 0 bridgehead atoms. The molecule has 0 unspecified atom stereocenters. The number of rotatable bonds is 6. The Kier molecular flexibility index (Phi) is 5.53. The molecular formula is C17H18BrNO2. The zero-order chi connectivity index (χ0) is 15.2. The van der Waals surface area contributed by atoms with Crippen molar-refractivity contribution in [2.45, 2.75) is 19.5 Å². The van der Waals surface area contributed by atoms with Crippen LogP contribution >= 0.6 is 15.9 Å². The standard InChI is InChI=1S/C17H18BrNO2/c1-19(12-15-3-2-4-16(18)9-15)11-14-7-5-13(6-8-14)10-17(20)21/h2-9H,10-12H2,1H3,(H,20,21). The molecule has 0 spiro atoms. The van der Waals surface area contributed by atoms with Crippen molar-refractivity contribution in [2.75, 3.05) is 7.05 Å². The Morgan fingerprint density at radius 1 is 1.05 bits per heavy atom. The van der Waals surface area contributed by atoms with E-state index in [1.54, 1.807) is 0 Å². The third kappa shape index (κ3) is 5.33. The first-order valence-corrected chi connectivity index (χ1v) is 7.55. The average molecular weight is 348 g/mol. The van der Waals surface area contributed by atoms with Crippen LogP contribution < -0.4 is 0 Å². The molecule has 2 aromatic carbocycles. The van der Waals surface area contributed by atoms with E-state index in [-0.39, 0.29) is 6.42 Å². The number of hydrogen-bond donors (Lipinski definition) is 1. The van der Waals surface area contributed by atoms with Gasteiger partial charge in [0.2, 0.25) is 0 Å². The molecule has 0 aliphatic heterocycles. The van der Waals surface area contributed by atoms with E-state index in [0.717, 1.165) is 23.1 Å². The maximum absolute atomic E-state index is 10.7. The molecule has 0 fully saturated rings. The van der Waals surface area contributed by atoms with Crippen LogP contribution in [0.15, 0.2) is 53.0 Å². The van der Waals surface area contributed by atoms with Crippen molar-refractivity contribution >= 4 is 21.9 Å². The molecule has 0 aromatic heterocycles. The SMILES string of the molecule is CN(Cc1ccc(CC(=O)O)cc1)Cc1cccc(Br)c1. The lowest BCUT2D eigenvalue weighted by molar-refractivity contribution is -0.136. The van der Waals surface area contributed by atoms with Crippen LogP contribution in [0.4, 0.5) is 0 Å². The van der Waals surface area contributed by atoms with Crippen LogP contribution in [0.25, 0.3) is 0 Å². The van der Waals surface area contributed by atoms with Crippen LogP contribution in [-0.4, -0.2) is 23.0 Å². The van der Waals surface area contributed by atoms with Crippen LogP contribution in [0.5, 0.6) is 0 Å². The summed E-state index contributed by atoms with van der Waals surface area (Å²) in [4.78, 5) is 12.9. The summed E-state index contributed by atoms with van der Waals surface area (Å²) >= 11 is 3.48. The summed E-state index contributed by atoms with van der Waals surface area (Å²) in [6.07, 6.45) is 0.0775. The number of carbonyl (C=O) groups is 1. The van der Waals surface area contributed by atoms with Crippen molar-refractivity contribution in [3.05, 3.63) is 69.7 Å². The Hall–Kier alpha value is -1.65. The van der Waals surface area contributed by atoms with Crippen molar-refractivity contribution in [3.63, 3.8) is 0 Å². The van der Waals surface area contributed by atoms with Gasteiger partial charge in [-0.25, -0.2) is 0 Å². The van der Waals surface area contributed by atoms with Crippen LogP contribution in [-0.2, 0) is 24.3 Å². The predicted molar refractivity (Wildman–Crippen MR) is 87.1 cm³/mol. The number of halogens is 1. The van der Waals surface area contributed by atoms with Crippen molar-refractivity contribution in [1.82, 2.24) is 4.90 Å². The molecule has 2 aromatic rings. The van der Waals surface area contributed by atoms with Gasteiger partial charge in [-0.05, 0) is 35.9 Å². The van der Waals surface area contributed by atoms with Crippen LogP contribution in [0.2, 0.25) is 0 Å². The molecule has 3 nitrogen and oxygen atoms in total. The normalized spacial score (nSPS) is 10.8. The summed E-state index contributed by atoms with van der Waals surface area (Å²) in [6.45, 7) is 1.70. The minimum Gasteiger partial charge on any atom is -0.481 e. The van der Waals surface area contributed by atoms with Crippen LogP contribution in [0.1, 0.15) is 16.7 Å². The number of benzene rings is 2. The lowest BCUT2D eigenvalue weighted by Gasteiger charge is -2.17. The molecule has 0 aliphatic rings. The summed E-state index contributed by atoms with van der Waals surface area (Å²) in [6, 6.07) is 16.0. The quantitative estimate of drug-likeness (QED) is 0.865. The van der Waals surface area contributed by atoms with Crippen LogP contribution in [0.3, 0.4) is 0 Å². The van der Waals surface area contributed by atoms with Gasteiger partial charge in [0.25, 0.3) is 0 Å². The van der Waals surface area contributed by atoms with Gasteiger partial charge in [0.15, 0.2) is 0 Å². The summed E-state index contributed by atoms with van der Waals surface area (Å²) < 4.78 is 1.09. The Balaban J connectivity index is 1.93. The maximum atomic E-state index is 10.7. The van der Waals surface area contributed by atoms with Crippen LogP contribution in [0, 0.1) is 0 Å². The van der Waals surface area contributed by atoms with Crippen molar-refractivity contribution in [3.8, 4) is 0 Å². The van der Waals surface area contributed by atoms with Gasteiger partial charge in [-0.2, -0.15) is 0 Å². The topological polar surface area (TPSA) is 40.5 Å². The van der Waals surface area contributed by atoms with Gasteiger partial charge in [-0.3, -0.25) is 9.69 Å². The molecule has 0 saturated heterocycles. The van der Waals surface area contributed by atoms with E-state index in [2.05, 4.69) is 40.0 Å². The highest BCUT2D eigenvalue weighted by atomic mass is 79.9. The third-order valence-corrected chi connectivity index (χ3v) is 3.67. The van der Waals surface area contributed by atoms with Gasteiger partial charge in [-0.15, -0.1) is 0 Å². The van der Waals surface area contributed by atoms with E-state index >= 15 is 0 Å². The monoisotopic (exact) mass is 347 g/mol. The third-order valence-electron chi connectivity index (χ3n) is 3.17. The average Bonchev–Trinajstić information content (AvgIpc) is 2.40. The highest BCUT2D eigenvalue weighted by Crippen LogP contribution is 2.14. The van der Waals surface area contributed by atoms with Gasteiger partial charge in [0.1, 0.15) is 0 Å². The van der Waals surface area contributed by atoms with E-state index in [0.29, 0.717) is 0 Å². The fourth-order valence-electron chi connectivity index (χ4n) is 2.25. The van der Waals surface area contributed by atoms with E-state index < -0.39 is 5.97 Å². The Bertz CT molecular complexity index is 610. The van der Waals surface area contributed by atoms with E-state index in [1.807, 2.05) is 36.4 Å². The number of aliphatic carboxylic acids is 1. The molecule has 4 heteroatoms. The van der Waals surface area contributed by atoms with Crippen molar-refractivity contribution in [2.24, 2.45) is 0 Å². The second-order valence-electron chi connectivity index (χ2n) is 5.19. The fraction of sp³-hybridized carbons (Fsp3) is 0.235. The first kappa shape index (κ1) is 15.7. The highest BCUT2D eigenvalue weighted by Gasteiger charge is 2.04. The molecule has 0 radical (unpaired) electrons. The number of nitrogens with zero attached hydrogens (tertiary/aromatic N) is 1. The Morgan fingerprint density at radius 2 is 1.67 bits per heavy atom. The summed E-state index contributed by atoms with van der Waals surface area (Å²) in [5.74, 6) is -0.797. The minimum absolute atomic E-state index is 0.0775. The first-order chi connectivity index (χ1) is 10.0. The molecule has 0 aliphatic carbocycles. The molecular weight excluding hydrogens is 330 g/mol. The Morgan fingerprint density at radius 3 is 2.29 bits per heavy atom. The lowest BCUT2D eigenvalue weighted by Crippen LogP contribution is -2.17. The van der Waals surface area contributed by atoms with Gasteiger partial charge in [0, 0.05) is 17.6 Å². The van der Waals surface area contributed by atoms with Gasteiger partial charge in [0.05, 0.1) is 6.42 Å². The largest absolute Gasteiger partial charge is 0.481 e. The molecule has 0 heterocycles. The molecule has 0 atom stereocenters. The number of carboxylic acid groups (broad SMARTS) is 1. The van der Waals surface area contributed by atoms with Crippen molar-refractivity contribution in [1.29, 1.82) is 0 Å². The number of hydrogen-bond acceptors (Lipinski definition) is 2. The predicted octanol–water partition coefficient (Wildman–Crippen LogP) is 3.71. The summed E-state index contributed by atoms with van der Waals surface area (Å²) in [5, 5.41) is 8.76. The lowest BCUT2D eigenvalue weighted by atomic mass is 10.1. The number of carboxylic acids is 1. The zero-order valence-corrected chi connectivity index (χ0v) is 13.5. The molecule has 21 heavy (non-hydrogen) atoms. The molecule has 0 amide bonds. The summed E-state index contributed by atoms with van der Waals surface area (Å²) in [5.41, 5.74) is 3.27. The summed E-state index contributed by atoms with van der Waals surface area (Å²) in [7, 11) is 2.08. The highest BCUT2D eigenvalue weighted by molar-refractivity contribution is 9.10. The molecule has 0 saturated carbocycles. The smallest absolute Gasteiger partial charge is 0.307 e. The van der Waals surface area contributed by atoms with E-state index in [9.17, 15) is 4.79 Å². The minimum atomic E-state index is -0.797. The van der Waals surface area contributed by atoms with Gasteiger partial charge in [-0.1, -0.05) is 52.3 Å². The van der Waals surface area contributed by atoms with E-state index in [4.69, 9.17) is 5.11 Å². The first-order valence-electron chi connectivity index (χ1n) is 6.75. The molecule has 1 N–H and O–H groups in total. The van der Waals surface area contributed by atoms with E-state index in [1.165, 1.54) is 11.1 Å². The van der Waals surface area contributed by atoms with Crippen molar-refractivity contribution < 1.29 is 9.90 Å². The molecule has 110 valence electrons. The maximum Gasteiger partial charge on any atom is 0.307 e. The second-order valence-corrected chi connectivity index (χ2v) is 6.10. The van der Waals surface area contributed by atoms with Gasteiger partial charge >= 0.3 is 5.97 Å². The second kappa shape index (κ2) is 7.38. The fourth-order valence-corrected chi connectivity index (χ4v) is 2.70. The zero-order valence-electron chi connectivity index (χ0n) is 11.9. The van der Waals surface area contributed by atoms with Gasteiger partial charge < -0.3 is 5.11 Å².